The predicted octanol–water partition coefficient (Wildman–Crippen LogP) is 1.84. The van der Waals surface area contributed by atoms with E-state index in [1.165, 1.54) is 0 Å². The molecular formula is C10H14N2O2. The van der Waals surface area contributed by atoms with Crippen LogP contribution in [0.5, 0.6) is 5.75 Å². The number of urea groups is 1. The van der Waals surface area contributed by atoms with E-state index in [4.69, 9.17) is 0 Å². The lowest BCUT2D eigenvalue weighted by molar-refractivity contribution is 0.252. The number of carbonyl (C=O) groups is 1. The van der Waals surface area contributed by atoms with E-state index in [2.05, 4.69) is 10.6 Å². The van der Waals surface area contributed by atoms with E-state index in [1.54, 1.807) is 25.1 Å². The summed E-state index contributed by atoms with van der Waals surface area (Å²) in [5, 5.41) is 14.6. The van der Waals surface area contributed by atoms with Crippen LogP contribution in [-0.4, -0.2) is 17.7 Å². The molecule has 0 unspecified atom stereocenters. The normalized spacial score (nSPS) is 9.57. The van der Waals surface area contributed by atoms with Crippen LogP contribution in [0.1, 0.15) is 12.5 Å². The first kappa shape index (κ1) is 10.4. The van der Waals surface area contributed by atoms with Gasteiger partial charge in [0.05, 0.1) is 0 Å². The summed E-state index contributed by atoms with van der Waals surface area (Å²) in [6.45, 7) is 4.16. The Morgan fingerprint density at radius 2 is 2.21 bits per heavy atom. The van der Waals surface area contributed by atoms with Crippen LogP contribution in [0.4, 0.5) is 10.5 Å². The minimum absolute atomic E-state index is 0.180. The molecule has 0 aromatic heterocycles. The highest BCUT2D eigenvalue weighted by Crippen LogP contribution is 2.23. The van der Waals surface area contributed by atoms with Crippen molar-refractivity contribution in [2.75, 3.05) is 11.9 Å². The minimum Gasteiger partial charge on any atom is -0.508 e. The zero-order valence-corrected chi connectivity index (χ0v) is 8.29. The summed E-state index contributed by atoms with van der Waals surface area (Å²) in [6.07, 6.45) is 0. The minimum atomic E-state index is -0.263. The van der Waals surface area contributed by atoms with Gasteiger partial charge in [-0.2, -0.15) is 0 Å². The highest BCUT2D eigenvalue weighted by Gasteiger charge is 2.05. The molecule has 0 aliphatic carbocycles. The smallest absolute Gasteiger partial charge is 0.319 e. The molecule has 0 aliphatic heterocycles. The third kappa shape index (κ3) is 2.39. The molecule has 14 heavy (non-hydrogen) atoms. The molecule has 0 bridgehead atoms. The monoisotopic (exact) mass is 194 g/mol. The number of anilines is 1. The molecule has 1 aromatic rings. The molecule has 0 saturated carbocycles. The molecule has 0 saturated heterocycles. The van der Waals surface area contributed by atoms with Crippen molar-refractivity contribution >= 4 is 11.7 Å². The van der Waals surface area contributed by atoms with Gasteiger partial charge in [-0.1, -0.05) is 6.07 Å². The topological polar surface area (TPSA) is 61.4 Å². The number of hydrogen-bond acceptors (Lipinski definition) is 2. The Hall–Kier alpha value is -1.71. The molecule has 0 spiro atoms. The van der Waals surface area contributed by atoms with Crippen LogP contribution in [0.15, 0.2) is 18.2 Å². The number of aromatic hydroxyl groups is 1. The van der Waals surface area contributed by atoms with Crippen LogP contribution >= 0.6 is 0 Å². The second-order valence-corrected chi connectivity index (χ2v) is 2.93. The van der Waals surface area contributed by atoms with Gasteiger partial charge in [0.15, 0.2) is 0 Å². The molecule has 76 valence electrons. The number of carbonyl (C=O) groups excluding carboxylic acids is 1. The number of rotatable bonds is 2. The van der Waals surface area contributed by atoms with Crippen molar-refractivity contribution in [1.29, 1.82) is 0 Å². The Balaban J connectivity index is 2.76. The maximum absolute atomic E-state index is 11.2. The standard InChI is InChI=1S/C10H14N2O2/c1-3-11-10(14)12-8-5-4-6-9(13)7(8)2/h4-6,13H,3H2,1-2H3,(H2,11,12,14). The Morgan fingerprint density at radius 3 is 2.86 bits per heavy atom. The number of amides is 2. The molecule has 4 nitrogen and oxygen atoms in total. The SMILES string of the molecule is CCNC(=O)Nc1cccc(O)c1C. The number of phenolic OH excluding ortho intramolecular Hbond substituents is 1. The van der Waals surface area contributed by atoms with Gasteiger partial charge in [-0.25, -0.2) is 4.79 Å². The molecule has 4 heteroatoms. The fourth-order valence-corrected chi connectivity index (χ4v) is 1.09. The zero-order valence-electron chi connectivity index (χ0n) is 8.29. The van der Waals surface area contributed by atoms with Crippen molar-refractivity contribution in [3.63, 3.8) is 0 Å². The third-order valence-corrected chi connectivity index (χ3v) is 1.89. The predicted molar refractivity (Wildman–Crippen MR) is 55.5 cm³/mol. The number of benzene rings is 1. The zero-order chi connectivity index (χ0) is 10.6. The van der Waals surface area contributed by atoms with E-state index < -0.39 is 0 Å². The first-order valence-corrected chi connectivity index (χ1v) is 4.48. The van der Waals surface area contributed by atoms with E-state index in [9.17, 15) is 9.90 Å². The van der Waals surface area contributed by atoms with Gasteiger partial charge < -0.3 is 15.7 Å². The fraction of sp³-hybridized carbons (Fsp3) is 0.300. The summed E-state index contributed by atoms with van der Waals surface area (Å²) in [5.41, 5.74) is 1.29. The van der Waals surface area contributed by atoms with E-state index >= 15 is 0 Å². The molecule has 0 atom stereocenters. The largest absolute Gasteiger partial charge is 0.508 e. The molecule has 1 rings (SSSR count). The van der Waals surface area contributed by atoms with Crippen molar-refractivity contribution in [3.05, 3.63) is 23.8 Å². The summed E-state index contributed by atoms with van der Waals surface area (Å²) < 4.78 is 0. The molecule has 3 N–H and O–H groups in total. The van der Waals surface area contributed by atoms with Crippen LogP contribution in [0.3, 0.4) is 0 Å². The van der Waals surface area contributed by atoms with E-state index in [1.807, 2.05) is 6.92 Å². The highest BCUT2D eigenvalue weighted by molar-refractivity contribution is 5.90. The van der Waals surface area contributed by atoms with Crippen LogP contribution in [-0.2, 0) is 0 Å². The molecule has 0 fully saturated rings. The Kier molecular flexibility index (Phi) is 3.34. The third-order valence-electron chi connectivity index (χ3n) is 1.89. The van der Waals surface area contributed by atoms with Crippen LogP contribution in [0, 0.1) is 6.92 Å². The lowest BCUT2D eigenvalue weighted by Crippen LogP contribution is -2.28. The fourth-order valence-electron chi connectivity index (χ4n) is 1.09. The Labute approximate surface area is 82.9 Å². The van der Waals surface area contributed by atoms with Gasteiger partial charge in [0.25, 0.3) is 0 Å². The van der Waals surface area contributed by atoms with Gasteiger partial charge in [0.1, 0.15) is 5.75 Å². The summed E-state index contributed by atoms with van der Waals surface area (Å²) in [4.78, 5) is 11.2. The van der Waals surface area contributed by atoms with E-state index in [0.717, 1.165) is 0 Å². The van der Waals surface area contributed by atoms with Gasteiger partial charge >= 0.3 is 6.03 Å². The molecule has 0 heterocycles. The highest BCUT2D eigenvalue weighted by atomic mass is 16.3. The lowest BCUT2D eigenvalue weighted by Gasteiger charge is -2.09. The summed E-state index contributed by atoms with van der Waals surface area (Å²) in [7, 11) is 0. The van der Waals surface area contributed by atoms with Gasteiger partial charge in [-0.3, -0.25) is 0 Å². The Bertz CT molecular complexity index is 337. The maximum Gasteiger partial charge on any atom is 0.319 e. The first-order valence-electron chi connectivity index (χ1n) is 4.48. The van der Waals surface area contributed by atoms with Crippen molar-refractivity contribution in [1.82, 2.24) is 5.32 Å². The number of hydrogen-bond donors (Lipinski definition) is 3. The van der Waals surface area contributed by atoms with Crippen LogP contribution in [0.2, 0.25) is 0 Å². The van der Waals surface area contributed by atoms with Gasteiger partial charge in [-0.05, 0) is 26.0 Å². The summed E-state index contributed by atoms with van der Waals surface area (Å²) >= 11 is 0. The average Bonchev–Trinajstić information content (AvgIpc) is 2.13. The van der Waals surface area contributed by atoms with E-state index in [-0.39, 0.29) is 11.8 Å². The first-order chi connectivity index (χ1) is 6.65. The van der Waals surface area contributed by atoms with Crippen molar-refractivity contribution < 1.29 is 9.90 Å². The van der Waals surface area contributed by atoms with Gasteiger partial charge in [0.2, 0.25) is 0 Å². The molecular weight excluding hydrogens is 180 g/mol. The van der Waals surface area contributed by atoms with Crippen molar-refractivity contribution in [2.45, 2.75) is 13.8 Å². The second kappa shape index (κ2) is 4.50. The second-order valence-electron chi connectivity index (χ2n) is 2.93. The number of nitrogens with one attached hydrogen (secondary N) is 2. The number of phenols is 1. The summed E-state index contributed by atoms with van der Waals surface area (Å²) in [5.74, 6) is 0.180. The molecule has 0 aliphatic rings. The van der Waals surface area contributed by atoms with Crippen molar-refractivity contribution in [2.24, 2.45) is 0 Å². The maximum atomic E-state index is 11.2. The average molecular weight is 194 g/mol. The molecule has 2 amide bonds. The van der Waals surface area contributed by atoms with Crippen molar-refractivity contribution in [3.8, 4) is 5.75 Å². The van der Waals surface area contributed by atoms with Gasteiger partial charge in [-0.15, -0.1) is 0 Å². The summed E-state index contributed by atoms with van der Waals surface area (Å²) in [6, 6.07) is 4.74. The quantitative estimate of drug-likeness (QED) is 0.672. The van der Waals surface area contributed by atoms with Crippen LogP contribution in [0.25, 0.3) is 0 Å². The van der Waals surface area contributed by atoms with E-state index in [0.29, 0.717) is 17.8 Å². The van der Waals surface area contributed by atoms with Gasteiger partial charge in [0, 0.05) is 17.8 Å². The molecule has 1 aromatic carbocycles. The lowest BCUT2D eigenvalue weighted by atomic mass is 10.2. The van der Waals surface area contributed by atoms with Crippen LogP contribution < -0.4 is 10.6 Å². The molecule has 0 radical (unpaired) electrons. The Morgan fingerprint density at radius 1 is 1.50 bits per heavy atom.